The van der Waals surface area contributed by atoms with E-state index >= 15 is 0 Å². The van der Waals surface area contributed by atoms with Gasteiger partial charge in [0.2, 0.25) is 5.95 Å². The third-order valence-electron chi connectivity index (χ3n) is 3.85. The van der Waals surface area contributed by atoms with Crippen molar-refractivity contribution in [2.45, 2.75) is 6.42 Å². The van der Waals surface area contributed by atoms with Crippen LogP contribution in [0.25, 0.3) is 0 Å². The molecule has 0 aliphatic heterocycles. The molecule has 0 saturated heterocycles. The largest absolute Gasteiger partial charge is 0.465 e. The minimum Gasteiger partial charge on any atom is -0.465 e. The molecule has 0 saturated carbocycles. The summed E-state index contributed by atoms with van der Waals surface area (Å²) in [4.78, 5) is 20.3. The molecule has 0 amide bonds. The van der Waals surface area contributed by atoms with Crippen LogP contribution in [0, 0.1) is 0 Å². The molecule has 2 aromatic carbocycles. The number of nitrogens with one attached hydrogen (secondary N) is 2. The van der Waals surface area contributed by atoms with Gasteiger partial charge in [0.25, 0.3) is 0 Å². The molecule has 0 radical (unpaired) electrons. The summed E-state index contributed by atoms with van der Waals surface area (Å²) in [6, 6.07) is 16.8. The number of esters is 1. The van der Waals surface area contributed by atoms with Crippen LogP contribution < -0.4 is 10.6 Å². The van der Waals surface area contributed by atoms with E-state index in [0.717, 1.165) is 6.42 Å². The Bertz CT molecular complexity index is 919. The smallest absolute Gasteiger partial charge is 0.337 e. The van der Waals surface area contributed by atoms with Gasteiger partial charge >= 0.3 is 5.97 Å². The van der Waals surface area contributed by atoms with Crippen molar-refractivity contribution < 1.29 is 9.53 Å². The lowest BCUT2D eigenvalue weighted by Crippen LogP contribution is -2.09. The van der Waals surface area contributed by atoms with Gasteiger partial charge < -0.3 is 15.4 Å². The van der Waals surface area contributed by atoms with Crippen LogP contribution in [-0.2, 0) is 11.2 Å². The number of rotatable bonds is 7. The quantitative estimate of drug-likeness (QED) is 0.593. The molecular weight excluding hydrogens is 364 g/mol. The number of benzene rings is 2. The van der Waals surface area contributed by atoms with Gasteiger partial charge in [-0.1, -0.05) is 41.9 Å². The number of anilines is 3. The lowest BCUT2D eigenvalue weighted by molar-refractivity contribution is 0.0601. The summed E-state index contributed by atoms with van der Waals surface area (Å²) in [6.07, 6.45) is 2.52. The van der Waals surface area contributed by atoms with E-state index in [-0.39, 0.29) is 0 Å². The zero-order valence-electron chi connectivity index (χ0n) is 14.8. The highest BCUT2D eigenvalue weighted by molar-refractivity contribution is 6.33. The molecular formula is C20H19ClN4O2. The Morgan fingerprint density at radius 2 is 1.96 bits per heavy atom. The highest BCUT2D eigenvalue weighted by Crippen LogP contribution is 2.26. The van der Waals surface area contributed by atoms with Gasteiger partial charge in [0.1, 0.15) is 5.82 Å². The van der Waals surface area contributed by atoms with Crippen LogP contribution in [-0.4, -0.2) is 29.6 Å². The second kappa shape index (κ2) is 9.00. The number of hydrogen-bond donors (Lipinski definition) is 2. The molecule has 0 spiro atoms. The summed E-state index contributed by atoms with van der Waals surface area (Å²) in [5, 5.41) is 6.78. The maximum Gasteiger partial charge on any atom is 0.337 e. The van der Waals surface area contributed by atoms with Crippen molar-refractivity contribution in [2.24, 2.45) is 0 Å². The number of halogens is 1. The Kier molecular flexibility index (Phi) is 6.22. The normalized spacial score (nSPS) is 10.3. The van der Waals surface area contributed by atoms with Crippen LogP contribution in [0.4, 0.5) is 17.5 Å². The van der Waals surface area contributed by atoms with Crippen molar-refractivity contribution in [3.05, 3.63) is 76.9 Å². The molecule has 0 aliphatic carbocycles. The van der Waals surface area contributed by atoms with Gasteiger partial charge in [0, 0.05) is 12.7 Å². The molecule has 7 heteroatoms. The van der Waals surface area contributed by atoms with Gasteiger partial charge in [-0.25, -0.2) is 9.78 Å². The molecule has 2 N–H and O–H groups in total. The van der Waals surface area contributed by atoms with Crippen molar-refractivity contribution in [3.8, 4) is 0 Å². The van der Waals surface area contributed by atoms with Crippen LogP contribution in [0.1, 0.15) is 15.9 Å². The van der Waals surface area contributed by atoms with Crippen molar-refractivity contribution in [1.29, 1.82) is 0 Å². The van der Waals surface area contributed by atoms with E-state index in [0.29, 0.717) is 34.6 Å². The minimum atomic E-state index is -0.430. The van der Waals surface area contributed by atoms with Crippen molar-refractivity contribution in [3.63, 3.8) is 0 Å². The molecule has 3 aromatic rings. The lowest BCUT2D eigenvalue weighted by atomic mass is 10.1. The molecule has 6 nitrogen and oxygen atoms in total. The first-order valence-corrected chi connectivity index (χ1v) is 8.79. The molecule has 0 fully saturated rings. The maximum atomic E-state index is 11.7. The molecule has 27 heavy (non-hydrogen) atoms. The van der Waals surface area contributed by atoms with E-state index in [1.807, 2.05) is 18.2 Å². The van der Waals surface area contributed by atoms with Gasteiger partial charge in [-0.15, -0.1) is 0 Å². The average molecular weight is 383 g/mol. The van der Waals surface area contributed by atoms with Crippen LogP contribution in [0.2, 0.25) is 5.02 Å². The van der Waals surface area contributed by atoms with E-state index in [9.17, 15) is 4.79 Å². The number of nitrogens with zero attached hydrogens (tertiary/aromatic N) is 2. The number of hydrogen-bond acceptors (Lipinski definition) is 6. The lowest BCUT2D eigenvalue weighted by Gasteiger charge is -2.11. The van der Waals surface area contributed by atoms with Crippen LogP contribution in [0.3, 0.4) is 0 Å². The van der Waals surface area contributed by atoms with Crippen LogP contribution in [0.5, 0.6) is 0 Å². The molecule has 0 aliphatic rings. The topological polar surface area (TPSA) is 76.1 Å². The van der Waals surface area contributed by atoms with Gasteiger partial charge in [0.15, 0.2) is 0 Å². The summed E-state index contributed by atoms with van der Waals surface area (Å²) in [7, 11) is 1.34. The molecule has 0 bridgehead atoms. The Morgan fingerprint density at radius 1 is 1.15 bits per heavy atom. The Balaban J connectivity index is 1.66. The Morgan fingerprint density at radius 3 is 2.74 bits per heavy atom. The maximum absolute atomic E-state index is 11.7. The number of ether oxygens (including phenoxy) is 1. The van der Waals surface area contributed by atoms with E-state index in [1.165, 1.54) is 12.7 Å². The third-order valence-corrected chi connectivity index (χ3v) is 4.17. The third kappa shape index (κ3) is 5.18. The highest BCUT2D eigenvalue weighted by atomic mass is 35.5. The monoisotopic (exact) mass is 382 g/mol. The fraction of sp³-hybridized carbons (Fsp3) is 0.150. The average Bonchev–Trinajstić information content (AvgIpc) is 2.70. The van der Waals surface area contributed by atoms with E-state index in [1.54, 1.807) is 30.5 Å². The summed E-state index contributed by atoms with van der Waals surface area (Å²) in [6.45, 7) is 0.714. The van der Waals surface area contributed by atoms with Crippen LogP contribution in [0.15, 0.2) is 60.8 Å². The van der Waals surface area contributed by atoms with Gasteiger partial charge in [-0.05, 0) is 36.2 Å². The number of carbonyl (C=O) groups excluding carboxylic acids is 1. The minimum absolute atomic E-state index is 0.402. The van der Waals surface area contributed by atoms with Gasteiger partial charge in [-0.3, -0.25) is 0 Å². The predicted octanol–water partition coefficient (Wildman–Crippen LogP) is 4.31. The van der Waals surface area contributed by atoms with E-state index in [2.05, 4.69) is 32.7 Å². The highest BCUT2D eigenvalue weighted by Gasteiger charge is 2.10. The number of methoxy groups -OCH3 is 1. The standard InChI is InChI=1S/C20H19ClN4O2/c1-27-19(26)15-7-8-16(21)17(13-15)24-18-10-12-23-20(25-18)22-11-9-14-5-3-2-4-6-14/h2-8,10,12-13H,9,11H2,1H3,(H2,22,23,24,25). The number of aromatic nitrogens is 2. The summed E-state index contributed by atoms with van der Waals surface area (Å²) in [5.41, 5.74) is 2.21. The summed E-state index contributed by atoms with van der Waals surface area (Å²) in [5.74, 6) is 0.646. The fourth-order valence-electron chi connectivity index (χ4n) is 2.48. The predicted molar refractivity (Wildman–Crippen MR) is 107 cm³/mol. The SMILES string of the molecule is COC(=O)c1ccc(Cl)c(Nc2ccnc(NCCc3ccccc3)n2)c1. The fourth-order valence-corrected chi connectivity index (χ4v) is 2.65. The second-order valence-corrected chi connectivity index (χ2v) is 6.15. The number of carbonyl (C=O) groups is 1. The zero-order chi connectivity index (χ0) is 19.1. The van der Waals surface area contributed by atoms with Crippen molar-refractivity contribution in [2.75, 3.05) is 24.3 Å². The first-order valence-electron chi connectivity index (χ1n) is 8.41. The molecule has 0 unspecified atom stereocenters. The van der Waals surface area contributed by atoms with E-state index in [4.69, 9.17) is 16.3 Å². The summed E-state index contributed by atoms with van der Waals surface area (Å²) >= 11 is 6.21. The molecule has 0 atom stereocenters. The van der Waals surface area contributed by atoms with Crippen LogP contribution >= 0.6 is 11.6 Å². The Hall–Kier alpha value is -3.12. The summed E-state index contributed by atoms with van der Waals surface area (Å²) < 4.78 is 4.74. The zero-order valence-corrected chi connectivity index (χ0v) is 15.5. The first kappa shape index (κ1) is 18.7. The van der Waals surface area contributed by atoms with Crippen molar-refractivity contribution >= 4 is 35.0 Å². The van der Waals surface area contributed by atoms with Gasteiger partial charge in [-0.2, -0.15) is 4.98 Å². The van der Waals surface area contributed by atoms with Crippen molar-refractivity contribution in [1.82, 2.24) is 9.97 Å². The van der Waals surface area contributed by atoms with Gasteiger partial charge in [0.05, 0.1) is 23.4 Å². The Labute approximate surface area is 162 Å². The molecule has 138 valence electrons. The first-order chi connectivity index (χ1) is 13.2. The molecule has 1 heterocycles. The molecule has 3 rings (SSSR count). The molecule has 1 aromatic heterocycles. The second-order valence-electron chi connectivity index (χ2n) is 5.74. The van der Waals surface area contributed by atoms with E-state index < -0.39 is 5.97 Å².